The van der Waals surface area contributed by atoms with Crippen LogP contribution in [0.15, 0.2) is 12.1 Å². The lowest BCUT2D eigenvalue weighted by atomic mass is 10.1. The van der Waals surface area contributed by atoms with Gasteiger partial charge in [0.1, 0.15) is 12.4 Å². The highest BCUT2D eigenvalue weighted by Gasteiger charge is 2.15. The van der Waals surface area contributed by atoms with Crippen LogP contribution in [0.3, 0.4) is 0 Å². The van der Waals surface area contributed by atoms with Gasteiger partial charge < -0.3 is 14.0 Å². The Bertz CT molecular complexity index is 653. The zero-order chi connectivity index (χ0) is 14.7. The molecule has 0 saturated carbocycles. The lowest BCUT2D eigenvalue weighted by molar-refractivity contribution is 0.355. The van der Waals surface area contributed by atoms with E-state index in [1.807, 2.05) is 16.7 Å². The van der Waals surface area contributed by atoms with Crippen molar-refractivity contribution in [2.45, 2.75) is 26.8 Å². The molecule has 1 heterocycles. The topological polar surface area (TPSA) is 60.1 Å². The van der Waals surface area contributed by atoms with Crippen LogP contribution >= 0.6 is 0 Å². The third-order valence-corrected chi connectivity index (χ3v) is 3.15. The standard InChI is InChI=1S/C15H19N3O2/c1-10(2)7-15-17-11-8-13(19-3)14(20-4)9-12(11)18(15)6-5-16/h8-10H,6-7H2,1-4H3. The van der Waals surface area contributed by atoms with E-state index in [4.69, 9.17) is 14.7 Å². The molecule has 0 radical (unpaired) electrons. The van der Waals surface area contributed by atoms with Gasteiger partial charge in [-0.15, -0.1) is 0 Å². The summed E-state index contributed by atoms with van der Waals surface area (Å²) in [6, 6.07) is 5.92. The van der Waals surface area contributed by atoms with E-state index in [0.29, 0.717) is 17.4 Å². The van der Waals surface area contributed by atoms with Crippen molar-refractivity contribution in [1.82, 2.24) is 9.55 Å². The van der Waals surface area contributed by atoms with Crippen molar-refractivity contribution in [3.63, 3.8) is 0 Å². The summed E-state index contributed by atoms with van der Waals surface area (Å²) in [6.45, 7) is 4.56. The van der Waals surface area contributed by atoms with E-state index in [1.54, 1.807) is 14.2 Å². The Hall–Kier alpha value is -2.22. The number of methoxy groups -OCH3 is 2. The molecule has 0 aliphatic heterocycles. The molecule has 0 aliphatic rings. The van der Waals surface area contributed by atoms with Crippen LogP contribution in [0.5, 0.6) is 11.5 Å². The maximum Gasteiger partial charge on any atom is 0.163 e. The van der Waals surface area contributed by atoms with Crippen molar-refractivity contribution in [2.75, 3.05) is 14.2 Å². The molecule has 2 aromatic rings. The summed E-state index contributed by atoms with van der Waals surface area (Å²) in [5.74, 6) is 2.70. The highest BCUT2D eigenvalue weighted by atomic mass is 16.5. The van der Waals surface area contributed by atoms with Crippen molar-refractivity contribution in [3.8, 4) is 17.6 Å². The Morgan fingerprint density at radius 2 is 1.90 bits per heavy atom. The quantitative estimate of drug-likeness (QED) is 0.840. The molecular formula is C15H19N3O2. The largest absolute Gasteiger partial charge is 0.493 e. The van der Waals surface area contributed by atoms with Crippen molar-refractivity contribution >= 4 is 11.0 Å². The Kier molecular flexibility index (Phi) is 4.14. The SMILES string of the molecule is COc1cc2nc(CC(C)C)n(CC#N)c2cc1OC. The second-order valence-electron chi connectivity index (χ2n) is 5.07. The summed E-state index contributed by atoms with van der Waals surface area (Å²) in [5, 5.41) is 9.03. The molecule has 0 N–H and O–H groups in total. The van der Waals surface area contributed by atoms with Crippen LogP contribution in [0.4, 0.5) is 0 Å². The number of ether oxygens (including phenoxy) is 2. The lowest BCUT2D eigenvalue weighted by Crippen LogP contribution is -2.06. The van der Waals surface area contributed by atoms with Gasteiger partial charge in [0.05, 0.1) is 31.3 Å². The maximum absolute atomic E-state index is 9.03. The lowest BCUT2D eigenvalue weighted by Gasteiger charge is -2.09. The number of rotatable bonds is 5. The van der Waals surface area contributed by atoms with E-state index >= 15 is 0 Å². The first-order valence-corrected chi connectivity index (χ1v) is 6.58. The van der Waals surface area contributed by atoms with Gasteiger partial charge in [0.25, 0.3) is 0 Å². The van der Waals surface area contributed by atoms with Crippen LogP contribution < -0.4 is 9.47 Å². The summed E-state index contributed by atoms with van der Waals surface area (Å²) in [6.07, 6.45) is 0.834. The van der Waals surface area contributed by atoms with Crippen LogP contribution in [0.2, 0.25) is 0 Å². The van der Waals surface area contributed by atoms with E-state index in [0.717, 1.165) is 23.3 Å². The molecule has 0 unspecified atom stereocenters. The number of aromatic nitrogens is 2. The van der Waals surface area contributed by atoms with Gasteiger partial charge in [0.2, 0.25) is 0 Å². The number of nitrogens with zero attached hydrogens (tertiary/aromatic N) is 3. The number of hydrogen-bond acceptors (Lipinski definition) is 4. The fourth-order valence-corrected chi connectivity index (χ4v) is 2.27. The van der Waals surface area contributed by atoms with Gasteiger partial charge in [-0.05, 0) is 5.92 Å². The fourth-order valence-electron chi connectivity index (χ4n) is 2.27. The van der Waals surface area contributed by atoms with Crippen LogP contribution in [0, 0.1) is 17.2 Å². The highest BCUT2D eigenvalue weighted by molar-refractivity contribution is 5.80. The fraction of sp³-hybridized carbons (Fsp3) is 0.467. The number of benzene rings is 1. The first-order chi connectivity index (χ1) is 9.60. The molecule has 0 aliphatic carbocycles. The Balaban J connectivity index is 2.64. The van der Waals surface area contributed by atoms with Gasteiger partial charge in [0, 0.05) is 18.6 Å². The van der Waals surface area contributed by atoms with Crippen molar-refractivity contribution in [3.05, 3.63) is 18.0 Å². The molecule has 106 valence electrons. The van der Waals surface area contributed by atoms with Gasteiger partial charge in [-0.25, -0.2) is 4.98 Å². The van der Waals surface area contributed by atoms with Crippen molar-refractivity contribution < 1.29 is 9.47 Å². The average molecular weight is 273 g/mol. The van der Waals surface area contributed by atoms with E-state index in [9.17, 15) is 0 Å². The van der Waals surface area contributed by atoms with Crippen LogP contribution in [0.25, 0.3) is 11.0 Å². The molecule has 2 rings (SSSR count). The van der Waals surface area contributed by atoms with Crippen molar-refractivity contribution in [2.24, 2.45) is 5.92 Å². The summed E-state index contributed by atoms with van der Waals surface area (Å²) < 4.78 is 12.6. The Morgan fingerprint density at radius 1 is 1.25 bits per heavy atom. The van der Waals surface area contributed by atoms with Gasteiger partial charge in [0.15, 0.2) is 11.5 Å². The minimum atomic E-state index is 0.286. The molecule has 1 aromatic heterocycles. The zero-order valence-electron chi connectivity index (χ0n) is 12.3. The third kappa shape index (κ3) is 2.55. The molecule has 0 saturated heterocycles. The summed E-state index contributed by atoms with van der Waals surface area (Å²) in [5.41, 5.74) is 1.73. The second-order valence-corrected chi connectivity index (χ2v) is 5.07. The van der Waals surface area contributed by atoms with Crippen LogP contribution in [-0.4, -0.2) is 23.8 Å². The van der Waals surface area contributed by atoms with E-state index in [-0.39, 0.29) is 6.54 Å². The molecule has 5 nitrogen and oxygen atoms in total. The Labute approximate surface area is 118 Å². The normalized spacial score (nSPS) is 10.8. The molecule has 20 heavy (non-hydrogen) atoms. The molecule has 0 atom stereocenters. The number of imidazole rings is 1. The number of hydrogen-bond donors (Lipinski definition) is 0. The average Bonchev–Trinajstić information content (AvgIpc) is 2.74. The molecule has 0 bridgehead atoms. The molecule has 0 amide bonds. The molecule has 5 heteroatoms. The van der Waals surface area contributed by atoms with Crippen molar-refractivity contribution in [1.29, 1.82) is 5.26 Å². The minimum absolute atomic E-state index is 0.286. The number of nitriles is 1. The maximum atomic E-state index is 9.03. The minimum Gasteiger partial charge on any atom is -0.493 e. The van der Waals surface area contributed by atoms with Gasteiger partial charge in [-0.3, -0.25) is 0 Å². The van der Waals surface area contributed by atoms with Crippen LogP contribution in [-0.2, 0) is 13.0 Å². The van der Waals surface area contributed by atoms with Gasteiger partial charge >= 0.3 is 0 Å². The van der Waals surface area contributed by atoms with Gasteiger partial charge in [-0.2, -0.15) is 5.26 Å². The molecule has 0 spiro atoms. The predicted molar refractivity (Wildman–Crippen MR) is 77.0 cm³/mol. The first kappa shape index (κ1) is 14.2. The predicted octanol–water partition coefficient (Wildman–Crippen LogP) is 2.78. The smallest absolute Gasteiger partial charge is 0.163 e. The Morgan fingerprint density at radius 3 is 2.45 bits per heavy atom. The molecule has 1 aromatic carbocycles. The summed E-state index contributed by atoms with van der Waals surface area (Å²) in [4.78, 5) is 4.63. The number of fused-ring (bicyclic) bond motifs is 1. The van der Waals surface area contributed by atoms with E-state index in [2.05, 4.69) is 24.9 Å². The zero-order valence-corrected chi connectivity index (χ0v) is 12.3. The highest BCUT2D eigenvalue weighted by Crippen LogP contribution is 2.32. The summed E-state index contributed by atoms with van der Waals surface area (Å²) >= 11 is 0. The van der Waals surface area contributed by atoms with Crippen LogP contribution in [0.1, 0.15) is 19.7 Å². The summed E-state index contributed by atoms with van der Waals surface area (Å²) in [7, 11) is 3.20. The first-order valence-electron chi connectivity index (χ1n) is 6.58. The molecule has 0 fully saturated rings. The monoisotopic (exact) mass is 273 g/mol. The van der Waals surface area contributed by atoms with E-state index < -0.39 is 0 Å². The van der Waals surface area contributed by atoms with Gasteiger partial charge in [-0.1, -0.05) is 13.8 Å². The third-order valence-electron chi connectivity index (χ3n) is 3.15. The van der Waals surface area contributed by atoms with E-state index in [1.165, 1.54) is 0 Å². The second kappa shape index (κ2) is 5.83. The molecular weight excluding hydrogens is 254 g/mol.